The van der Waals surface area contributed by atoms with Gasteiger partial charge in [0.15, 0.2) is 5.60 Å². The summed E-state index contributed by atoms with van der Waals surface area (Å²) >= 11 is 11.2. The van der Waals surface area contributed by atoms with E-state index < -0.39 is 5.60 Å². The van der Waals surface area contributed by atoms with Gasteiger partial charge in [0, 0.05) is 5.02 Å². The van der Waals surface area contributed by atoms with Crippen LogP contribution in [0.3, 0.4) is 0 Å². The molecule has 0 amide bonds. The third-order valence-electron chi connectivity index (χ3n) is 1.75. The quantitative estimate of drug-likeness (QED) is 0.593. The highest BCUT2D eigenvalue weighted by molar-refractivity contribution is 6.30. The molecule has 0 saturated carbocycles. The van der Waals surface area contributed by atoms with Crippen molar-refractivity contribution < 1.29 is 5.11 Å². The summed E-state index contributed by atoms with van der Waals surface area (Å²) in [5.74, 6) is 2.21. The number of hydrogen-bond donors (Lipinski definition) is 1. The van der Waals surface area contributed by atoms with Gasteiger partial charge in [0.1, 0.15) is 0 Å². The predicted octanol–water partition coefficient (Wildman–Crippen LogP) is 2.40. The summed E-state index contributed by atoms with van der Waals surface area (Å²) in [5, 5.41) is 10.4. The molecular formula is C10H8Cl2O. The fourth-order valence-corrected chi connectivity index (χ4v) is 1.28. The maximum Gasteiger partial charge on any atom is 0.164 e. The summed E-state index contributed by atoms with van der Waals surface area (Å²) in [4.78, 5) is 0. The molecular weight excluding hydrogens is 207 g/mol. The third kappa shape index (κ3) is 2.16. The number of benzene rings is 1. The van der Waals surface area contributed by atoms with E-state index in [0.29, 0.717) is 10.6 Å². The number of halogens is 2. The molecule has 68 valence electrons. The van der Waals surface area contributed by atoms with Gasteiger partial charge in [-0.05, 0) is 17.7 Å². The van der Waals surface area contributed by atoms with Gasteiger partial charge in [-0.2, -0.15) is 0 Å². The first-order valence-corrected chi connectivity index (χ1v) is 4.56. The lowest BCUT2D eigenvalue weighted by atomic mass is 9.97. The molecule has 0 bridgehead atoms. The highest BCUT2D eigenvalue weighted by atomic mass is 35.5. The monoisotopic (exact) mass is 214 g/mol. The lowest BCUT2D eigenvalue weighted by molar-refractivity contribution is 0.126. The van der Waals surface area contributed by atoms with Crippen molar-refractivity contribution in [2.24, 2.45) is 0 Å². The number of hydrogen-bond acceptors (Lipinski definition) is 1. The van der Waals surface area contributed by atoms with Crippen LogP contribution in [0, 0.1) is 12.3 Å². The molecule has 1 N–H and O–H groups in total. The van der Waals surface area contributed by atoms with Gasteiger partial charge in [0.05, 0.1) is 5.88 Å². The smallest absolute Gasteiger partial charge is 0.164 e. The molecule has 3 heteroatoms. The first-order valence-electron chi connectivity index (χ1n) is 3.64. The van der Waals surface area contributed by atoms with Gasteiger partial charge in [-0.15, -0.1) is 18.0 Å². The van der Waals surface area contributed by atoms with Crippen LogP contribution in [0.5, 0.6) is 0 Å². The molecule has 0 fully saturated rings. The third-order valence-corrected chi connectivity index (χ3v) is 2.39. The van der Waals surface area contributed by atoms with Crippen molar-refractivity contribution in [1.29, 1.82) is 0 Å². The molecule has 1 nitrogen and oxygen atoms in total. The summed E-state index contributed by atoms with van der Waals surface area (Å²) in [6.45, 7) is 0. The standard InChI is InChI=1S/C10H8Cl2O/c1-2-10(13,7-11)8-3-5-9(12)6-4-8/h1,3-6,13H,7H2. The fraction of sp³-hybridized carbons (Fsp3) is 0.200. The topological polar surface area (TPSA) is 20.2 Å². The van der Waals surface area contributed by atoms with Crippen LogP contribution in [-0.2, 0) is 5.60 Å². The zero-order valence-corrected chi connectivity index (χ0v) is 8.31. The second-order valence-electron chi connectivity index (χ2n) is 2.65. The molecule has 0 aliphatic rings. The van der Waals surface area contributed by atoms with Crippen molar-refractivity contribution in [3.63, 3.8) is 0 Å². The predicted molar refractivity (Wildman–Crippen MR) is 54.9 cm³/mol. The summed E-state index contributed by atoms with van der Waals surface area (Å²) in [6.07, 6.45) is 5.17. The maximum atomic E-state index is 9.78. The van der Waals surface area contributed by atoms with Gasteiger partial charge in [-0.1, -0.05) is 29.7 Å². The Morgan fingerprint density at radius 2 is 1.92 bits per heavy atom. The van der Waals surface area contributed by atoms with Crippen LogP contribution >= 0.6 is 23.2 Å². The van der Waals surface area contributed by atoms with Gasteiger partial charge < -0.3 is 5.11 Å². The van der Waals surface area contributed by atoms with Crippen LogP contribution in [0.1, 0.15) is 5.56 Å². The number of terminal acetylenes is 1. The van der Waals surface area contributed by atoms with Crippen molar-refractivity contribution >= 4 is 23.2 Å². The van der Waals surface area contributed by atoms with E-state index in [1.165, 1.54) is 0 Å². The van der Waals surface area contributed by atoms with Crippen molar-refractivity contribution in [2.45, 2.75) is 5.60 Å². The molecule has 0 saturated heterocycles. The highest BCUT2D eigenvalue weighted by Crippen LogP contribution is 2.23. The van der Waals surface area contributed by atoms with E-state index >= 15 is 0 Å². The molecule has 0 aromatic heterocycles. The van der Waals surface area contributed by atoms with E-state index in [2.05, 4.69) is 5.92 Å². The Morgan fingerprint density at radius 1 is 1.38 bits per heavy atom. The van der Waals surface area contributed by atoms with Crippen molar-refractivity contribution in [3.8, 4) is 12.3 Å². The first-order chi connectivity index (χ1) is 6.12. The van der Waals surface area contributed by atoms with E-state index in [4.69, 9.17) is 29.6 Å². The van der Waals surface area contributed by atoms with E-state index in [0.717, 1.165) is 0 Å². The minimum Gasteiger partial charge on any atom is -0.372 e. The fourth-order valence-electron chi connectivity index (χ4n) is 0.925. The van der Waals surface area contributed by atoms with Crippen LogP contribution < -0.4 is 0 Å². The van der Waals surface area contributed by atoms with Crippen LogP contribution in [0.4, 0.5) is 0 Å². The second kappa shape index (κ2) is 4.02. The van der Waals surface area contributed by atoms with Crippen molar-refractivity contribution in [1.82, 2.24) is 0 Å². The molecule has 1 atom stereocenters. The Kier molecular flexibility index (Phi) is 3.22. The first kappa shape index (κ1) is 10.4. The van der Waals surface area contributed by atoms with Gasteiger partial charge in [0.2, 0.25) is 0 Å². The zero-order chi connectivity index (χ0) is 9.90. The van der Waals surface area contributed by atoms with E-state index in [-0.39, 0.29) is 5.88 Å². The zero-order valence-electron chi connectivity index (χ0n) is 6.80. The van der Waals surface area contributed by atoms with Gasteiger partial charge >= 0.3 is 0 Å². The van der Waals surface area contributed by atoms with E-state index in [1.807, 2.05) is 0 Å². The SMILES string of the molecule is C#CC(O)(CCl)c1ccc(Cl)cc1. The number of alkyl halides is 1. The number of aliphatic hydroxyl groups is 1. The molecule has 1 aromatic carbocycles. The van der Waals surface area contributed by atoms with Crippen LogP contribution in [0.25, 0.3) is 0 Å². The van der Waals surface area contributed by atoms with Gasteiger partial charge in [-0.3, -0.25) is 0 Å². The average Bonchev–Trinajstić information content (AvgIpc) is 2.18. The van der Waals surface area contributed by atoms with E-state index in [9.17, 15) is 5.11 Å². The molecule has 13 heavy (non-hydrogen) atoms. The molecule has 1 unspecified atom stereocenters. The van der Waals surface area contributed by atoms with Gasteiger partial charge in [0.25, 0.3) is 0 Å². The molecule has 1 aromatic rings. The summed E-state index contributed by atoms with van der Waals surface area (Å²) in [5.41, 5.74) is -0.819. The van der Waals surface area contributed by atoms with Crippen LogP contribution in [-0.4, -0.2) is 11.0 Å². The van der Waals surface area contributed by atoms with Crippen LogP contribution in [0.2, 0.25) is 5.02 Å². The Balaban J connectivity index is 3.08. The van der Waals surface area contributed by atoms with Gasteiger partial charge in [-0.25, -0.2) is 0 Å². The summed E-state index contributed by atoms with van der Waals surface area (Å²) in [6, 6.07) is 6.63. The normalized spacial score (nSPS) is 14.6. The lowest BCUT2D eigenvalue weighted by Crippen LogP contribution is -2.25. The largest absolute Gasteiger partial charge is 0.372 e. The minimum absolute atomic E-state index is 0.0366. The Bertz CT molecular complexity index is 326. The Morgan fingerprint density at radius 3 is 2.31 bits per heavy atom. The molecule has 0 aliphatic carbocycles. The summed E-state index contributed by atoms with van der Waals surface area (Å²) in [7, 11) is 0. The Labute approximate surface area is 87.3 Å². The molecule has 0 radical (unpaired) electrons. The second-order valence-corrected chi connectivity index (χ2v) is 3.35. The molecule has 0 spiro atoms. The maximum absolute atomic E-state index is 9.78. The average molecular weight is 215 g/mol. The molecule has 0 aliphatic heterocycles. The minimum atomic E-state index is -1.40. The molecule has 1 rings (SSSR count). The van der Waals surface area contributed by atoms with Crippen LogP contribution in [0.15, 0.2) is 24.3 Å². The number of rotatable bonds is 2. The van der Waals surface area contributed by atoms with Crippen molar-refractivity contribution in [2.75, 3.05) is 5.88 Å². The lowest BCUT2D eigenvalue weighted by Gasteiger charge is -2.19. The highest BCUT2D eigenvalue weighted by Gasteiger charge is 2.24. The van der Waals surface area contributed by atoms with Crippen molar-refractivity contribution in [3.05, 3.63) is 34.9 Å². The summed E-state index contributed by atoms with van der Waals surface area (Å²) < 4.78 is 0. The Hall–Kier alpha value is -0.680. The molecule has 0 heterocycles. The van der Waals surface area contributed by atoms with E-state index in [1.54, 1.807) is 24.3 Å².